The molecule has 2 fully saturated rings. The number of benzene rings is 1. The van der Waals surface area contributed by atoms with Crippen molar-refractivity contribution in [1.29, 1.82) is 0 Å². The van der Waals surface area contributed by atoms with Crippen molar-refractivity contribution in [3.63, 3.8) is 0 Å². The van der Waals surface area contributed by atoms with Crippen molar-refractivity contribution in [1.82, 2.24) is 24.8 Å². The smallest absolute Gasteiger partial charge is 0.317 e. The minimum Gasteiger partial charge on any atom is -0.351 e. The summed E-state index contributed by atoms with van der Waals surface area (Å²) in [6, 6.07) is 9.34. The predicted molar refractivity (Wildman–Crippen MR) is 148 cm³/mol. The van der Waals surface area contributed by atoms with Gasteiger partial charge in [-0.25, -0.2) is 9.78 Å². The van der Waals surface area contributed by atoms with E-state index in [9.17, 15) is 9.59 Å². The van der Waals surface area contributed by atoms with Gasteiger partial charge in [0.05, 0.1) is 0 Å². The Morgan fingerprint density at radius 2 is 1.78 bits per heavy atom. The van der Waals surface area contributed by atoms with E-state index in [-0.39, 0.29) is 28.6 Å². The fourth-order valence-corrected chi connectivity index (χ4v) is 6.22. The number of halogens is 1. The zero-order valence-electron chi connectivity index (χ0n) is 22.3. The normalized spacial score (nSPS) is 21.2. The van der Waals surface area contributed by atoms with Gasteiger partial charge in [-0.05, 0) is 37.8 Å². The first-order valence-corrected chi connectivity index (χ1v) is 13.2. The quantitative estimate of drug-likeness (QED) is 0.496. The Bertz CT molecular complexity index is 1410. The Labute approximate surface area is 222 Å². The van der Waals surface area contributed by atoms with Gasteiger partial charge in [0, 0.05) is 71.3 Å². The van der Waals surface area contributed by atoms with Crippen molar-refractivity contribution in [3.05, 3.63) is 51.9 Å². The number of likely N-dealkylation sites (tertiary alicyclic amines) is 1. The zero-order valence-corrected chi connectivity index (χ0v) is 23.1. The lowest BCUT2D eigenvalue weighted by Crippen LogP contribution is -2.51. The van der Waals surface area contributed by atoms with Crippen molar-refractivity contribution >= 4 is 34.6 Å². The molecule has 0 bridgehead atoms. The molecule has 1 aromatic carbocycles. The van der Waals surface area contributed by atoms with Gasteiger partial charge in [-0.1, -0.05) is 50.6 Å². The maximum Gasteiger partial charge on any atom is 0.317 e. The van der Waals surface area contributed by atoms with E-state index < -0.39 is 0 Å². The fourth-order valence-electron chi connectivity index (χ4n) is 5.98. The molecule has 3 heterocycles. The molecule has 9 heteroatoms. The lowest BCUT2D eigenvalue weighted by Gasteiger charge is -2.35. The summed E-state index contributed by atoms with van der Waals surface area (Å²) < 4.78 is 1.54. The number of aryl methyl sites for hydroxylation is 1. The molecule has 2 N–H and O–H groups in total. The molecule has 2 unspecified atom stereocenters. The molecule has 0 spiro atoms. The third-order valence-electron chi connectivity index (χ3n) is 7.31. The largest absolute Gasteiger partial charge is 0.351 e. The number of anilines is 1. The average Bonchev–Trinajstić information content (AvgIpc) is 3.22. The van der Waals surface area contributed by atoms with Crippen LogP contribution >= 0.6 is 11.6 Å². The van der Waals surface area contributed by atoms with Crippen LogP contribution in [0.5, 0.6) is 0 Å². The Balaban J connectivity index is 1.25. The van der Waals surface area contributed by atoms with E-state index in [1.807, 2.05) is 23.1 Å². The molecule has 2 aliphatic rings. The summed E-state index contributed by atoms with van der Waals surface area (Å²) in [5.41, 5.74) is 1.48. The SMILES string of the molecule is Cn1c(=O)c(-c2ccccc2Cl)cc2cnc(NC3C4CN(C(=O)NC(C)(C)CC(C)(C)C)CC43)nc21. The highest BCUT2D eigenvalue weighted by atomic mass is 35.5. The topological polar surface area (TPSA) is 92.2 Å². The molecule has 1 saturated carbocycles. The van der Waals surface area contributed by atoms with Crippen LogP contribution in [-0.4, -0.2) is 50.1 Å². The van der Waals surface area contributed by atoms with E-state index in [0.29, 0.717) is 52.7 Å². The minimum atomic E-state index is -0.264. The van der Waals surface area contributed by atoms with Crippen LogP contribution in [0.1, 0.15) is 41.0 Å². The van der Waals surface area contributed by atoms with E-state index in [1.165, 1.54) is 0 Å². The molecule has 3 aromatic rings. The van der Waals surface area contributed by atoms with Gasteiger partial charge in [-0.2, -0.15) is 4.98 Å². The van der Waals surface area contributed by atoms with Crippen LogP contribution in [0.4, 0.5) is 10.7 Å². The summed E-state index contributed by atoms with van der Waals surface area (Å²) in [6.07, 6.45) is 2.64. The Hall–Kier alpha value is -3.13. The van der Waals surface area contributed by atoms with Crippen molar-refractivity contribution < 1.29 is 4.79 Å². The second kappa shape index (κ2) is 9.01. The second-order valence-electron chi connectivity index (χ2n) is 12.3. The molecule has 37 heavy (non-hydrogen) atoms. The zero-order chi connectivity index (χ0) is 26.7. The summed E-state index contributed by atoms with van der Waals surface area (Å²) in [5.74, 6) is 1.25. The van der Waals surface area contributed by atoms with E-state index in [4.69, 9.17) is 11.6 Å². The highest BCUT2D eigenvalue weighted by Gasteiger charge is 2.57. The van der Waals surface area contributed by atoms with Gasteiger partial charge >= 0.3 is 6.03 Å². The van der Waals surface area contributed by atoms with Gasteiger partial charge in [0.2, 0.25) is 5.95 Å². The number of nitrogens with zero attached hydrogens (tertiary/aromatic N) is 4. The third-order valence-corrected chi connectivity index (χ3v) is 7.64. The highest BCUT2D eigenvalue weighted by molar-refractivity contribution is 6.33. The van der Waals surface area contributed by atoms with Crippen LogP contribution < -0.4 is 16.2 Å². The number of fused-ring (bicyclic) bond motifs is 2. The maximum atomic E-state index is 13.1. The number of urea groups is 1. The van der Waals surface area contributed by atoms with Crippen molar-refractivity contribution in [2.75, 3.05) is 18.4 Å². The molecule has 1 saturated heterocycles. The summed E-state index contributed by atoms with van der Waals surface area (Å²) in [6.45, 7) is 12.2. The molecule has 2 atom stereocenters. The van der Waals surface area contributed by atoms with Gasteiger partial charge in [0.25, 0.3) is 5.56 Å². The van der Waals surface area contributed by atoms with Gasteiger partial charge in [0.1, 0.15) is 5.65 Å². The molecule has 2 amide bonds. The van der Waals surface area contributed by atoms with Gasteiger partial charge in [-0.3, -0.25) is 9.36 Å². The number of piperidine rings is 1. The first-order chi connectivity index (χ1) is 17.3. The summed E-state index contributed by atoms with van der Waals surface area (Å²) >= 11 is 6.34. The Morgan fingerprint density at radius 3 is 2.43 bits per heavy atom. The molecule has 0 radical (unpaired) electrons. The number of nitrogens with one attached hydrogen (secondary N) is 2. The van der Waals surface area contributed by atoms with Crippen molar-refractivity contribution in [2.24, 2.45) is 24.3 Å². The molecule has 5 rings (SSSR count). The molecular formula is C28H35ClN6O2. The molecular weight excluding hydrogens is 488 g/mol. The van der Waals surface area contributed by atoms with E-state index in [1.54, 1.807) is 29.9 Å². The van der Waals surface area contributed by atoms with Crippen LogP contribution in [0.2, 0.25) is 5.02 Å². The number of aromatic nitrogens is 3. The first-order valence-electron chi connectivity index (χ1n) is 12.8. The lowest BCUT2D eigenvalue weighted by atomic mass is 9.82. The number of pyridine rings is 1. The number of rotatable bonds is 5. The van der Waals surface area contributed by atoms with Gasteiger partial charge in [-0.15, -0.1) is 0 Å². The lowest BCUT2D eigenvalue weighted by molar-refractivity contribution is 0.179. The van der Waals surface area contributed by atoms with Crippen molar-refractivity contribution in [3.8, 4) is 11.1 Å². The van der Waals surface area contributed by atoms with E-state index >= 15 is 0 Å². The summed E-state index contributed by atoms with van der Waals surface area (Å²) in [4.78, 5) is 37.1. The fraction of sp³-hybridized carbons (Fsp3) is 0.500. The highest BCUT2D eigenvalue weighted by Crippen LogP contribution is 2.47. The molecule has 196 valence electrons. The number of hydrogen-bond donors (Lipinski definition) is 2. The number of carbonyl (C=O) groups excluding carboxylic acids is 1. The number of amides is 2. The molecule has 2 aromatic heterocycles. The van der Waals surface area contributed by atoms with Crippen LogP contribution in [-0.2, 0) is 7.05 Å². The van der Waals surface area contributed by atoms with Crippen LogP contribution in [0.25, 0.3) is 22.2 Å². The summed E-state index contributed by atoms with van der Waals surface area (Å²) in [7, 11) is 1.71. The number of hydrogen-bond acceptors (Lipinski definition) is 5. The second-order valence-corrected chi connectivity index (χ2v) is 12.7. The van der Waals surface area contributed by atoms with E-state index in [0.717, 1.165) is 11.8 Å². The molecule has 8 nitrogen and oxygen atoms in total. The minimum absolute atomic E-state index is 0.00600. The molecule has 1 aliphatic heterocycles. The Kier molecular flexibility index (Phi) is 6.21. The van der Waals surface area contributed by atoms with Crippen LogP contribution in [0.15, 0.2) is 41.3 Å². The first kappa shape index (κ1) is 25.5. The standard InChI is InChI=1S/C28H35ClN6O2/c1-27(2,3)15-28(4,5)33-26(37)35-13-19-20(14-35)22(19)31-25-30-12-16-11-18(17-9-7-8-10-21(17)29)24(36)34(6)23(16)32-25/h7-12,19-20,22H,13-15H2,1-6H3,(H,33,37)(H,30,31,32). The number of carbonyl (C=O) groups is 1. The third kappa shape index (κ3) is 5.17. The monoisotopic (exact) mass is 522 g/mol. The van der Waals surface area contributed by atoms with Crippen LogP contribution in [0, 0.1) is 17.3 Å². The van der Waals surface area contributed by atoms with E-state index in [2.05, 4.69) is 55.2 Å². The maximum absolute atomic E-state index is 13.1. The van der Waals surface area contributed by atoms with Gasteiger partial charge in [0.15, 0.2) is 0 Å². The van der Waals surface area contributed by atoms with Gasteiger partial charge < -0.3 is 15.5 Å². The van der Waals surface area contributed by atoms with Crippen LogP contribution in [0.3, 0.4) is 0 Å². The predicted octanol–water partition coefficient (Wildman–Crippen LogP) is 4.92. The summed E-state index contributed by atoms with van der Waals surface area (Å²) in [5, 5.41) is 7.94. The Morgan fingerprint density at radius 1 is 1.11 bits per heavy atom. The average molecular weight is 523 g/mol. The van der Waals surface area contributed by atoms with Crippen molar-refractivity contribution in [2.45, 2.75) is 52.6 Å². The molecule has 1 aliphatic carbocycles.